The molecule has 1 saturated heterocycles. The van der Waals surface area contributed by atoms with Gasteiger partial charge in [0.15, 0.2) is 0 Å². The molecular formula is C18H22ClN3O2. The normalized spacial score (nSPS) is 18.3. The standard InChI is InChI=1S/C18H22ClN3O2/c1-21-12-16(17(20-21)24-2)18(23)22-10-4-3-5-14(11-22)13-6-8-15(19)9-7-13/h6-9,12,14H,3-5,10-11H2,1-2H3/t14-/m1/s1. The van der Waals surface area contributed by atoms with Gasteiger partial charge in [-0.25, -0.2) is 0 Å². The molecule has 3 rings (SSSR count). The van der Waals surface area contributed by atoms with Gasteiger partial charge in [-0.1, -0.05) is 30.2 Å². The number of aromatic nitrogens is 2. The first-order valence-corrected chi connectivity index (χ1v) is 8.58. The Bertz CT molecular complexity index is 712. The Balaban J connectivity index is 1.81. The molecule has 1 fully saturated rings. The Morgan fingerprint density at radius 2 is 2.04 bits per heavy atom. The summed E-state index contributed by atoms with van der Waals surface area (Å²) in [6, 6.07) is 7.95. The number of amides is 1. The highest BCUT2D eigenvalue weighted by molar-refractivity contribution is 6.30. The first-order valence-electron chi connectivity index (χ1n) is 8.21. The van der Waals surface area contributed by atoms with Crippen LogP contribution in [0.15, 0.2) is 30.5 Å². The van der Waals surface area contributed by atoms with Gasteiger partial charge >= 0.3 is 0 Å². The zero-order chi connectivity index (χ0) is 17.1. The number of halogens is 1. The predicted octanol–water partition coefficient (Wildman–Crippen LogP) is 3.49. The fourth-order valence-electron chi connectivity index (χ4n) is 3.27. The lowest BCUT2D eigenvalue weighted by Gasteiger charge is -2.24. The summed E-state index contributed by atoms with van der Waals surface area (Å²) in [5.41, 5.74) is 1.76. The molecule has 0 spiro atoms. The lowest BCUT2D eigenvalue weighted by molar-refractivity contribution is 0.0751. The summed E-state index contributed by atoms with van der Waals surface area (Å²) in [4.78, 5) is 14.9. The second kappa shape index (κ2) is 7.26. The van der Waals surface area contributed by atoms with Gasteiger partial charge in [0.2, 0.25) is 5.88 Å². The Hall–Kier alpha value is -2.01. The number of aryl methyl sites for hydroxylation is 1. The number of methoxy groups -OCH3 is 1. The van der Waals surface area contributed by atoms with Crippen LogP contribution in [0.3, 0.4) is 0 Å². The minimum atomic E-state index is -0.0131. The summed E-state index contributed by atoms with van der Waals surface area (Å²) in [7, 11) is 3.33. The van der Waals surface area contributed by atoms with Gasteiger partial charge in [-0.3, -0.25) is 9.48 Å². The highest BCUT2D eigenvalue weighted by Crippen LogP contribution is 2.29. The number of carbonyl (C=O) groups is 1. The van der Waals surface area contributed by atoms with Crippen molar-refractivity contribution >= 4 is 17.5 Å². The average molecular weight is 348 g/mol. The van der Waals surface area contributed by atoms with Crippen molar-refractivity contribution in [1.82, 2.24) is 14.7 Å². The van der Waals surface area contributed by atoms with E-state index >= 15 is 0 Å². The molecule has 0 radical (unpaired) electrons. The molecule has 1 atom stereocenters. The van der Waals surface area contributed by atoms with Crippen LogP contribution in [-0.2, 0) is 7.05 Å². The molecule has 1 aromatic heterocycles. The van der Waals surface area contributed by atoms with E-state index in [4.69, 9.17) is 16.3 Å². The SMILES string of the molecule is COc1nn(C)cc1C(=O)N1CCCC[C@@H](c2ccc(Cl)cc2)C1. The molecule has 1 aliphatic heterocycles. The van der Waals surface area contributed by atoms with Crippen LogP contribution in [0.5, 0.6) is 5.88 Å². The number of benzene rings is 1. The van der Waals surface area contributed by atoms with Crippen LogP contribution < -0.4 is 4.74 Å². The lowest BCUT2D eigenvalue weighted by atomic mass is 9.94. The van der Waals surface area contributed by atoms with Gasteiger partial charge in [-0.05, 0) is 30.5 Å². The molecule has 24 heavy (non-hydrogen) atoms. The van der Waals surface area contributed by atoms with E-state index in [0.717, 1.165) is 30.8 Å². The third-order valence-corrected chi connectivity index (χ3v) is 4.77. The van der Waals surface area contributed by atoms with E-state index in [1.807, 2.05) is 17.0 Å². The molecule has 0 saturated carbocycles. The number of hydrogen-bond acceptors (Lipinski definition) is 3. The van der Waals surface area contributed by atoms with E-state index in [-0.39, 0.29) is 5.91 Å². The van der Waals surface area contributed by atoms with Crippen molar-refractivity contribution in [1.29, 1.82) is 0 Å². The second-order valence-electron chi connectivity index (χ2n) is 6.22. The zero-order valence-corrected chi connectivity index (χ0v) is 14.8. The van der Waals surface area contributed by atoms with Crippen LogP contribution in [-0.4, -0.2) is 40.8 Å². The first-order chi connectivity index (χ1) is 11.6. The Morgan fingerprint density at radius 1 is 1.29 bits per heavy atom. The molecule has 5 nitrogen and oxygen atoms in total. The van der Waals surface area contributed by atoms with Gasteiger partial charge < -0.3 is 9.64 Å². The van der Waals surface area contributed by atoms with Crippen LogP contribution in [0, 0.1) is 0 Å². The molecule has 0 N–H and O–H groups in total. The summed E-state index contributed by atoms with van der Waals surface area (Å²) >= 11 is 5.99. The molecule has 0 unspecified atom stereocenters. The summed E-state index contributed by atoms with van der Waals surface area (Å²) in [6.07, 6.45) is 4.93. The van der Waals surface area contributed by atoms with Crippen LogP contribution in [0.1, 0.15) is 41.1 Å². The topological polar surface area (TPSA) is 47.4 Å². The number of hydrogen-bond donors (Lipinski definition) is 0. The van der Waals surface area contributed by atoms with Crippen LogP contribution in [0.2, 0.25) is 5.02 Å². The summed E-state index contributed by atoms with van der Waals surface area (Å²) in [5.74, 6) is 0.701. The molecule has 1 amide bonds. The van der Waals surface area contributed by atoms with Gasteiger partial charge in [0.25, 0.3) is 5.91 Å². The van der Waals surface area contributed by atoms with Gasteiger partial charge in [0, 0.05) is 37.3 Å². The fourth-order valence-corrected chi connectivity index (χ4v) is 3.40. The van der Waals surface area contributed by atoms with Crippen molar-refractivity contribution in [3.63, 3.8) is 0 Å². The molecule has 0 bridgehead atoms. The van der Waals surface area contributed by atoms with E-state index in [2.05, 4.69) is 17.2 Å². The molecule has 6 heteroatoms. The largest absolute Gasteiger partial charge is 0.479 e. The molecule has 2 aromatic rings. The lowest BCUT2D eigenvalue weighted by Crippen LogP contribution is -2.34. The quantitative estimate of drug-likeness (QED) is 0.853. The van der Waals surface area contributed by atoms with Crippen LogP contribution in [0.4, 0.5) is 0 Å². The number of carbonyl (C=O) groups excluding carboxylic acids is 1. The monoisotopic (exact) mass is 347 g/mol. The average Bonchev–Trinajstić information content (AvgIpc) is 2.80. The number of ether oxygens (including phenoxy) is 1. The molecule has 1 aliphatic rings. The van der Waals surface area contributed by atoms with Gasteiger partial charge in [-0.2, -0.15) is 0 Å². The summed E-state index contributed by atoms with van der Waals surface area (Å²) in [6.45, 7) is 1.47. The molecule has 0 aliphatic carbocycles. The van der Waals surface area contributed by atoms with Crippen molar-refractivity contribution in [3.8, 4) is 5.88 Å². The van der Waals surface area contributed by atoms with Crippen molar-refractivity contribution in [2.24, 2.45) is 7.05 Å². The van der Waals surface area contributed by atoms with Crippen molar-refractivity contribution in [3.05, 3.63) is 46.6 Å². The molecular weight excluding hydrogens is 326 g/mol. The van der Waals surface area contributed by atoms with Gasteiger partial charge in [0.05, 0.1) is 7.11 Å². The number of nitrogens with zero attached hydrogens (tertiary/aromatic N) is 3. The highest BCUT2D eigenvalue weighted by atomic mass is 35.5. The van der Waals surface area contributed by atoms with E-state index in [1.165, 1.54) is 12.7 Å². The van der Waals surface area contributed by atoms with Gasteiger partial charge in [0.1, 0.15) is 5.56 Å². The summed E-state index contributed by atoms with van der Waals surface area (Å²) in [5, 5.41) is 4.92. The molecule has 1 aromatic carbocycles. The smallest absolute Gasteiger partial charge is 0.260 e. The Labute approximate surface area is 147 Å². The Morgan fingerprint density at radius 3 is 2.75 bits per heavy atom. The van der Waals surface area contributed by atoms with Crippen molar-refractivity contribution < 1.29 is 9.53 Å². The molecule has 2 heterocycles. The number of rotatable bonds is 3. The minimum absolute atomic E-state index is 0.0131. The van der Waals surface area contributed by atoms with E-state index in [1.54, 1.807) is 17.9 Å². The first kappa shape index (κ1) is 16.8. The van der Waals surface area contributed by atoms with Crippen molar-refractivity contribution in [2.45, 2.75) is 25.2 Å². The van der Waals surface area contributed by atoms with Gasteiger partial charge in [-0.15, -0.1) is 5.10 Å². The highest BCUT2D eigenvalue weighted by Gasteiger charge is 2.27. The van der Waals surface area contributed by atoms with E-state index in [0.29, 0.717) is 23.9 Å². The maximum Gasteiger partial charge on any atom is 0.260 e. The van der Waals surface area contributed by atoms with E-state index in [9.17, 15) is 4.79 Å². The zero-order valence-electron chi connectivity index (χ0n) is 14.0. The number of likely N-dealkylation sites (tertiary alicyclic amines) is 1. The van der Waals surface area contributed by atoms with Crippen LogP contribution in [0.25, 0.3) is 0 Å². The fraction of sp³-hybridized carbons (Fsp3) is 0.444. The minimum Gasteiger partial charge on any atom is -0.479 e. The van der Waals surface area contributed by atoms with Crippen molar-refractivity contribution in [2.75, 3.05) is 20.2 Å². The maximum atomic E-state index is 12.9. The van der Waals surface area contributed by atoms with E-state index < -0.39 is 0 Å². The molecule has 128 valence electrons. The predicted molar refractivity (Wildman–Crippen MR) is 93.7 cm³/mol. The maximum absolute atomic E-state index is 12.9. The Kier molecular flexibility index (Phi) is 5.09. The third-order valence-electron chi connectivity index (χ3n) is 4.52. The second-order valence-corrected chi connectivity index (χ2v) is 6.66. The third kappa shape index (κ3) is 3.56. The summed E-state index contributed by atoms with van der Waals surface area (Å²) < 4.78 is 6.85. The van der Waals surface area contributed by atoms with Crippen LogP contribution >= 0.6 is 11.6 Å².